The number of nitrogens with one attached hydrogen (secondary N) is 2. The van der Waals surface area contributed by atoms with Gasteiger partial charge in [-0.05, 0) is 39.0 Å². The molecule has 0 bridgehead atoms. The summed E-state index contributed by atoms with van der Waals surface area (Å²) in [5.74, 6) is -0.0289. The molecule has 0 saturated heterocycles. The summed E-state index contributed by atoms with van der Waals surface area (Å²) >= 11 is 1.89. The van der Waals surface area contributed by atoms with Crippen molar-refractivity contribution in [1.82, 2.24) is 10.3 Å². The average molecular weight is 307 g/mol. The molecule has 1 aliphatic carbocycles. The zero-order valence-corrected chi connectivity index (χ0v) is 14.0. The Bertz CT molecular complexity index is 498. The van der Waals surface area contributed by atoms with E-state index in [1.165, 1.54) is 25.7 Å². The minimum Gasteiger partial charge on any atom is -0.385 e. The van der Waals surface area contributed by atoms with Gasteiger partial charge in [-0.2, -0.15) is 11.8 Å². The summed E-state index contributed by atoms with van der Waals surface area (Å²) in [6.07, 6.45) is 8.75. The van der Waals surface area contributed by atoms with Gasteiger partial charge in [0.1, 0.15) is 0 Å². The summed E-state index contributed by atoms with van der Waals surface area (Å²) in [6, 6.07) is 1.93. The molecule has 2 rings (SSSR count). The van der Waals surface area contributed by atoms with E-state index in [1.54, 1.807) is 6.20 Å². The van der Waals surface area contributed by atoms with E-state index >= 15 is 0 Å². The Hall–Kier alpha value is -1.23. The molecule has 1 amide bonds. The Kier molecular flexibility index (Phi) is 5.51. The zero-order chi connectivity index (χ0) is 15.3. The highest BCUT2D eigenvalue weighted by Crippen LogP contribution is 2.39. The maximum atomic E-state index is 12.5. The lowest BCUT2D eigenvalue weighted by Gasteiger charge is -2.27. The fraction of sp³-hybridized carbons (Fsp3) is 0.625. The summed E-state index contributed by atoms with van der Waals surface area (Å²) in [6.45, 7) is 5.49. The molecule has 2 N–H and O–H groups in total. The second kappa shape index (κ2) is 7.16. The van der Waals surface area contributed by atoms with Crippen LogP contribution in [-0.4, -0.2) is 35.0 Å². The second-order valence-electron chi connectivity index (χ2n) is 5.68. The Labute approximate surface area is 131 Å². The minimum absolute atomic E-state index is 0.0289. The van der Waals surface area contributed by atoms with Crippen LogP contribution in [-0.2, 0) is 0 Å². The number of hydrogen-bond acceptors (Lipinski definition) is 4. The number of hydrogen-bond donors (Lipinski definition) is 2. The highest BCUT2D eigenvalue weighted by molar-refractivity contribution is 8.00. The van der Waals surface area contributed by atoms with E-state index < -0.39 is 0 Å². The van der Waals surface area contributed by atoms with Crippen molar-refractivity contribution in [2.45, 2.75) is 44.3 Å². The molecule has 1 aromatic rings. The molecule has 0 atom stereocenters. The summed E-state index contributed by atoms with van der Waals surface area (Å²) in [5, 5.41) is 6.35. The Morgan fingerprint density at radius 3 is 2.76 bits per heavy atom. The van der Waals surface area contributed by atoms with E-state index in [4.69, 9.17) is 0 Å². The van der Waals surface area contributed by atoms with Gasteiger partial charge in [0.05, 0.1) is 11.3 Å². The van der Waals surface area contributed by atoms with E-state index in [0.717, 1.165) is 24.5 Å². The lowest BCUT2D eigenvalue weighted by molar-refractivity contribution is 0.0950. The van der Waals surface area contributed by atoms with Crippen molar-refractivity contribution in [3.05, 3.63) is 23.5 Å². The first-order valence-electron chi connectivity index (χ1n) is 7.64. The van der Waals surface area contributed by atoms with Crippen LogP contribution in [0.3, 0.4) is 0 Å². The average Bonchev–Trinajstić information content (AvgIpc) is 2.95. The zero-order valence-electron chi connectivity index (χ0n) is 13.2. The predicted molar refractivity (Wildman–Crippen MR) is 90.2 cm³/mol. The van der Waals surface area contributed by atoms with Gasteiger partial charge in [0.15, 0.2) is 0 Å². The largest absolute Gasteiger partial charge is 0.385 e. The normalized spacial score (nSPS) is 16.7. The molecule has 0 unspecified atom stereocenters. The number of carbonyl (C=O) groups excluding carboxylic acids is 1. The molecular weight excluding hydrogens is 282 g/mol. The van der Waals surface area contributed by atoms with Crippen molar-refractivity contribution < 1.29 is 4.79 Å². The first-order valence-corrected chi connectivity index (χ1v) is 8.86. The van der Waals surface area contributed by atoms with E-state index in [0.29, 0.717) is 5.56 Å². The maximum Gasteiger partial charge on any atom is 0.255 e. The number of carbonyl (C=O) groups is 1. The molecule has 0 spiro atoms. The highest BCUT2D eigenvalue weighted by Gasteiger charge is 2.33. The van der Waals surface area contributed by atoms with Crippen molar-refractivity contribution in [2.24, 2.45) is 0 Å². The van der Waals surface area contributed by atoms with Gasteiger partial charge in [0.2, 0.25) is 0 Å². The second-order valence-corrected chi connectivity index (χ2v) is 6.95. The smallest absolute Gasteiger partial charge is 0.255 e. The highest BCUT2D eigenvalue weighted by atomic mass is 32.2. The van der Waals surface area contributed by atoms with E-state index in [-0.39, 0.29) is 10.7 Å². The number of aryl methyl sites for hydroxylation is 1. The molecule has 4 nitrogen and oxygen atoms in total. The summed E-state index contributed by atoms with van der Waals surface area (Å²) in [5.41, 5.74) is 2.42. The molecule has 0 aliphatic heterocycles. The van der Waals surface area contributed by atoms with Crippen molar-refractivity contribution in [1.29, 1.82) is 0 Å². The molecular formula is C16H25N3OS. The third-order valence-corrected chi connectivity index (χ3v) is 5.59. The van der Waals surface area contributed by atoms with Gasteiger partial charge in [-0.25, -0.2) is 0 Å². The van der Waals surface area contributed by atoms with Crippen LogP contribution >= 0.6 is 11.8 Å². The van der Waals surface area contributed by atoms with Crippen molar-refractivity contribution in [3.63, 3.8) is 0 Å². The topological polar surface area (TPSA) is 54.0 Å². The quantitative estimate of drug-likeness (QED) is 0.847. The van der Waals surface area contributed by atoms with Crippen LogP contribution < -0.4 is 10.6 Å². The first-order chi connectivity index (χ1) is 10.1. The number of rotatable bonds is 6. The number of amides is 1. The van der Waals surface area contributed by atoms with Gasteiger partial charge in [0.25, 0.3) is 5.91 Å². The number of pyridine rings is 1. The lowest BCUT2D eigenvalue weighted by Crippen LogP contribution is -2.38. The van der Waals surface area contributed by atoms with Crippen LogP contribution in [0.15, 0.2) is 12.3 Å². The molecule has 116 valence electrons. The van der Waals surface area contributed by atoms with Gasteiger partial charge in [-0.1, -0.05) is 12.8 Å². The fourth-order valence-corrected chi connectivity index (χ4v) is 3.80. The van der Waals surface area contributed by atoms with E-state index in [2.05, 4.69) is 21.9 Å². The van der Waals surface area contributed by atoms with Gasteiger partial charge < -0.3 is 10.6 Å². The van der Waals surface area contributed by atoms with Crippen LogP contribution in [0.5, 0.6) is 0 Å². The molecule has 1 aromatic heterocycles. The van der Waals surface area contributed by atoms with Crippen LogP contribution in [0, 0.1) is 6.92 Å². The molecule has 0 aromatic carbocycles. The molecule has 1 heterocycles. The lowest BCUT2D eigenvalue weighted by atomic mass is 10.1. The Morgan fingerprint density at radius 2 is 2.14 bits per heavy atom. The maximum absolute atomic E-state index is 12.5. The third kappa shape index (κ3) is 3.90. The van der Waals surface area contributed by atoms with Crippen LogP contribution in [0.1, 0.15) is 48.7 Å². The molecule has 21 heavy (non-hydrogen) atoms. The number of anilines is 1. The Morgan fingerprint density at radius 1 is 1.43 bits per heavy atom. The SMILES string of the molecule is CCNc1cc(C)ncc1C(=O)NCC1(SC)CCCC1. The molecule has 5 heteroatoms. The van der Waals surface area contributed by atoms with Gasteiger partial charge in [0, 0.05) is 29.7 Å². The van der Waals surface area contributed by atoms with Crippen LogP contribution in [0.4, 0.5) is 5.69 Å². The van der Waals surface area contributed by atoms with Crippen molar-refractivity contribution in [3.8, 4) is 0 Å². The Balaban J connectivity index is 2.06. The summed E-state index contributed by atoms with van der Waals surface area (Å²) in [4.78, 5) is 16.7. The molecule has 1 aliphatic rings. The standard InChI is InChI=1S/C16H25N3OS/c1-4-17-14-9-12(2)18-10-13(14)15(20)19-11-16(21-3)7-5-6-8-16/h9-10H,4-8,11H2,1-3H3,(H,17,18)(H,19,20). The number of thioether (sulfide) groups is 1. The monoisotopic (exact) mass is 307 g/mol. The molecule has 0 radical (unpaired) electrons. The van der Waals surface area contributed by atoms with Crippen LogP contribution in [0.25, 0.3) is 0 Å². The fourth-order valence-electron chi connectivity index (χ4n) is 2.89. The third-order valence-electron chi connectivity index (χ3n) is 4.17. The summed E-state index contributed by atoms with van der Waals surface area (Å²) < 4.78 is 0.228. The molecule has 1 saturated carbocycles. The van der Waals surface area contributed by atoms with Crippen LogP contribution in [0.2, 0.25) is 0 Å². The van der Waals surface area contributed by atoms with Gasteiger partial charge in [-0.3, -0.25) is 9.78 Å². The number of nitrogens with zero attached hydrogens (tertiary/aromatic N) is 1. The number of aromatic nitrogens is 1. The van der Waals surface area contributed by atoms with Gasteiger partial charge >= 0.3 is 0 Å². The minimum atomic E-state index is -0.0289. The van der Waals surface area contributed by atoms with Crippen molar-refractivity contribution in [2.75, 3.05) is 24.7 Å². The van der Waals surface area contributed by atoms with E-state index in [1.807, 2.05) is 31.7 Å². The predicted octanol–water partition coefficient (Wildman–Crippen LogP) is 3.23. The summed E-state index contributed by atoms with van der Waals surface area (Å²) in [7, 11) is 0. The van der Waals surface area contributed by atoms with E-state index in [9.17, 15) is 4.79 Å². The first kappa shape index (κ1) is 16.1. The molecule has 1 fully saturated rings. The van der Waals surface area contributed by atoms with Crippen molar-refractivity contribution >= 4 is 23.4 Å². The van der Waals surface area contributed by atoms with Gasteiger partial charge in [-0.15, -0.1) is 0 Å².